The minimum absolute atomic E-state index is 0.0218. The Labute approximate surface area is 218 Å². The molecular formula is C29H34ClN3O3. The van der Waals surface area contributed by atoms with Gasteiger partial charge in [0.1, 0.15) is 10.9 Å². The molecule has 1 N–H and O–H groups in total. The number of methoxy groups -OCH3 is 1. The maximum atomic E-state index is 13.2. The fourth-order valence-electron chi connectivity index (χ4n) is 4.32. The third kappa shape index (κ3) is 6.64. The molecular weight excluding hydrogens is 474 g/mol. The number of pyridine rings is 1. The first-order valence-corrected chi connectivity index (χ1v) is 12.7. The van der Waals surface area contributed by atoms with Crippen LogP contribution in [0.25, 0.3) is 0 Å². The number of carbonyl (C=O) groups is 2. The molecule has 2 heterocycles. The van der Waals surface area contributed by atoms with Crippen molar-refractivity contribution in [2.24, 2.45) is 0 Å². The van der Waals surface area contributed by atoms with Gasteiger partial charge in [0.15, 0.2) is 0 Å². The van der Waals surface area contributed by atoms with Gasteiger partial charge in [-0.1, -0.05) is 43.6 Å². The summed E-state index contributed by atoms with van der Waals surface area (Å²) in [4.78, 5) is 32.0. The average Bonchev–Trinajstić information content (AvgIpc) is 2.90. The van der Waals surface area contributed by atoms with Gasteiger partial charge < -0.3 is 15.0 Å². The van der Waals surface area contributed by atoms with Gasteiger partial charge in [-0.15, -0.1) is 0 Å². The van der Waals surface area contributed by atoms with Crippen LogP contribution in [0.5, 0.6) is 5.75 Å². The topological polar surface area (TPSA) is 71.5 Å². The van der Waals surface area contributed by atoms with Gasteiger partial charge in [-0.3, -0.25) is 9.59 Å². The Hall–Kier alpha value is -3.38. The van der Waals surface area contributed by atoms with Crippen molar-refractivity contribution in [2.75, 3.05) is 25.5 Å². The van der Waals surface area contributed by atoms with Gasteiger partial charge in [0.25, 0.3) is 11.8 Å². The largest absolute Gasteiger partial charge is 0.497 e. The van der Waals surface area contributed by atoms with E-state index < -0.39 is 0 Å². The van der Waals surface area contributed by atoms with Crippen LogP contribution in [0, 0.1) is 13.8 Å². The summed E-state index contributed by atoms with van der Waals surface area (Å²) in [5.74, 6) is 0.964. The first-order chi connectivity index (χ1) is 17.3. The summed E-state index contributed by atoms with van der Waals surface area (Å²) < 4.78 is 5.24. The highest BCUT2D eigenvalue weighted by Gasteiger charge is 2.25. The molecule has 0 unspecified atom stereocenters. The smallest absolute Gasteiger partial charge is 0.255 e. The lowest BCUT2D eigenvalue weighted by molar-refractivity contribution is 0.0712. The van der Waals surface area contributed by atoms with Gasteiger partial charge in [0.05, 0.1) is 7.11 Å². The normalized spacial score (nSPS) is 13.4. The van der Waals surface area contributed by atoms with Crippen LogP contribution in [0.15, 0.2) is 54.6 Å². The number of halogens is 1. The summed E-state index contributed by atoms with van der Waals surface area (Å²) in [5.41, 5.74) is 4.41. The third-order valence-corrected chi connectivity index (χ3v) is 6.48. The SMILES string of the molecule is CC.COc1ccc(C2CCN(C(=O)c3ccc(C)c(NC(=O)c4cc(C)nc(Cl)c4)c3)CC2)cc1. The van der Waals surface area contributed by atoms with Gasteiger partial charge in [-0.25, -0.2) is 4.98 Å². The van der Waals surface area contributed by atoms with E-state index in [0.717, 1.165) is 24.2 Å². The van der Waals surface area contributed by atoms with E-state index in [-0.39, 0.29) is 17.0 Å². The summed E-state index contributed by atoms with van der Waals surface area (Å²) in [7, 11) is 1.66. The highest BCUT2D eigenvalue weighted by Crippen LogP contribution is 2.30. The third-order valence-electron chi connectivity index (χ3n) is 6.29. The molecule has 1 fully saturated rings. The standard InChI is InChI=1S/C27H28ClN3O3.C2H6/c1-17-4-5-21(15-24(17)30-26(32)22-14-18(2)29-25(28)16-22)27(33)31-12-10-20(11-13-31)19-6-8-23(34-3)9-7-19;1-2/h4-9,14-16,20H,10-13H2,1-3H3,(H,30,32);1-2H3. The lowest BCUT2D eigenvalue weighted by Gasteiger charge is -2.32. The van der Waals surface area contributed by atoms with Crippen LogP contribution < -0.4 is 10.1 Å². The molecule has 1 aliphatic rings. The number of ether oxygens (including phenoxy) is 1. The quantitative estimate of drug-likeness (QED) is 0.392. The molecule has 0 spiro atoms. The van der Waals surface area contributed by atoms with Gasteiger partial charge in [-0.2, -0.15) is 0 Å². The number of rotatable bonds is 5. The van der Waals surface area contributed by atoms with Gasteiger partial charge in [0, 0.05) is 35.6 Å². The molecule has 0 aliphatic carbocycles. The van der Waals surface area contributed by atoms with Gasteiger partial charge in [-0.05, 0) is 80.1 Å². The zero-order valence-electron chi connectivity index (χ0n) is 21.6. The average molecular weight is 508 g/mol. The Balaban J connectivity index is 0.00000176. The fraction of sp³-hybridized carbons (Fsp3) is 0.345. The fourth-order valence-corrected chi connectivity index (χ4v) is 4.57. The number of anilines is 1. The minimum Gasteiger partial charge on any atom is -0.497 e. The van der Waals surface area contributed by atoms with E-state index in [0.29, 0.717) is 41.5 Å². The van der Waals surface area contributed by atoms with Crippen molar-refractivity contribution in [3.63, 3.8) is 0 Å². The summed E-state index contributed by atoms with van der Waals surface area (Å²) in [6, 6.07) is 16.8. The van der Waals surface area contributed by atoms with Crippen LogP contribution in [0.4, 0.5) is 5.69 Å². The van der Waals surface area contributed by atoms with Gasteiger partial charge in [0.2, 0.25) is 0 Å². The Kier molecular flexibility index (Phi) is 9.48. The summed E-state index contributed by atoms with van der Waals surface area (Å²) in [5, 5.41) is 3.18. The molecule has 0 atom stereocenters. The Morgan fingerprint density at radius 3 is 2.25 bits per heavy atom. The van der Waals surface area contributed by atoms with E-state index in [4.69, 9.17) is 16.3 Å². The maximum absolute atomic E-state index is 13.2. The van der Waals surface area contributed by atoms with E-state index in [2.05, 4.69) is 22.4 Å². The molecule has 1 aliphatic heterocycles. The molecule has 2 aromatic carbocycles. The predicted molar refractivity (Wildman–Crippen MR) is 145 cm³/mol. The predicted octanol–water partition coefficient (Wildman–Crippen LogP) is 6.66. The maximum Gasteiger partial charge on any atom is 0.255 e. The molecule has 0 bridgehead atoms. The molecule has 36 heavy (non-hydrogen) atoms. The molecule has 4 rings (SSSR count). The number of piperidine rings is 1. The molecule has 1 saturated heterocycles. The number of nitrogens with zero attached hydrogens (tertiary/aromatic N) is 2. The zero-order valence-corrected chi connectivity index (χ0v) is 22.4. The van der Waals surface area contributed by atoms with Crippen molar-refractivity contribution in [1.29, 1.82) is 0 Å². The van der Waals surface area contributed by atoms with Crippen LogP contribution in [-0.2, 0) is 0 Å². The molecule has 0 radical (unpaired) electrons. The second kappa shape index (κ2) is 12.5. The monoisotopic (exact) mass is 507 g/mol. The zero-order chi connectivity index (χ0) is 26.2. The van der Waals surface area contributed by atoms with Crippen molar-refractivity contribution in [3.8, 4) is 5.75 Å². The lowest BCUT2D eigenvalue weighted by Crippen LogP contribution is -2.38. The van der Waals surface area contributed by atoms with E-state index in [9.17, 15) is 9.59 Å². The van der Waals surface area contributed by atoms with Crippen molar-refractivity contribution >= 4 is 29.1 Å². The number of likely N-dealkylation sites (tertiary alicyclic amines) is 1. The van der Waals surface area contributed by atoms with Crippen LogP contribution in [-0.4, -0.2) is 41.9 Å². The van der Waals surface area contributed by atoms with Gasteiger partial charge >= 0.3 is 0 Å². The first kappa shape index (κ1) is 27.2. The van der Waals surface area contributed by atoms with Crippen LogP contribution in [0.2, 0.25) is 5.15 Å². The van der Waals surface area contributed by atoms with Crippen molar-refractivity contribution in [3.05, 3.63) is 87.7 Å². The number of aryl methyl sites for hydroxylation is 2. The highest BCUT2D eigenvalue weighted by atomic mass is 35.5. The van der Waals surface area contributed by atoms with Crippen molar-refractivity contribution in [1.82, 2.24) is 9.88 Å². The van der Waals surface area contributed by atoms with E-state index in [1.807, 2.05) is 49.9 Å². The van der Waals surface area contributed by atoms with Crippen LogP contribution >= 0.6 is 11.6 Å². The highest BCUT2D eigenvalue weighted by molar-refractivity contribution is 6.29. The number of benzene rings is 2. The summed E-state index contributed by atoms with van der Waals surface area (Å²) >= 11 is 6.00. The van der Waals surface area contributed by atoms with E-state index in [1.54, 1.807) is 26.2 Å². The molecule has 0 saturated carbocycles. The molecule has 6 nitrogen and oxygen atoms in total. The second-order valence-electron chi connectivity index (χ2n) is 8.64. The Morgan fingerprint density at radius 1 is 0.972 bits per heavy atom. The van der Waals surface area contributed by atoms with Crippen molar-refractivity contribution < 1.29 is 14.3 Å². The second-order valence-corrected chi connectivity index (χ2v) is 9.03. The molecule has 1 aromatic heterocycles. The van der Waals surface area contributed by atoms with Crippen LogP contribution in [0.3, 0.4) is 0 Å². The Bertz CT molecular complexity index is 1180. The van der Waals surface area contributed by atoms with E-state index in [1.165, 1.54) is 11.6 Å². The molecule has 7 heteroatoms. The summed E-state index contributed by atoms with van der Waals surface area (Å²) in [6.45, 7) is 9.07. The summed E-state index contributed by atoms with van der Waals surface area (Å²) in [6.07, 6.45) is 1.82. The number of nitrogens with one attached hydrogen (secondary N) is 1. The molecule has 3 aromatic rings. The Morgan fingerprint density at radius 2 is 1.64 bits per heavy atom. The van der Waals surface area contributed by atoms with Crippen LogP contribution in [0.1, 0.15) is 70.1 Å². The molecule has 190 valence electrons. The number of hydrogen-bond donors (Lipinski definition) is 1. The van der Waals surface area contributed by atoms with E-state index >= 15 is 0 Å². The lowest BCUT2D eigenvalue weighted by atomic mass is 9.89. The number of amides is 2. The molecule has 2 amide bonds. The number of hydrogen-bond acceptors (Lipinski definition) is 4. The number of aromatic nitrogens is 1. The number of carbonyl (C=O) groups excluding carboxylic acids is 2. The van der Waals surface area contributed by atoms with Crippen molar-refractivity contribution in [2.45, 2.75) is 46.5 Å². The first-order valence-electron chi connectivity index (χ1n) is 12.3. The minimum atomic E-state index is -0.291.